The largest absolute Gasteiger partial charge is 0.494 e. The number of nitrogens with zero attached hydrogens (tertiary/aromatic N) is 3. The fourth-order valence-corrected chi connectivity index (χ4v) is 4.34. The molecule has 2 heterocycles. The summed E-state index contributed by atoms with van der Waals surface area (Å²) in [5.74, 6) is 1.84. The van der Waals surface area contributed by atoms with Gasteiger partial charge in [-0.05, 0) is 25.1 Å². The molecule has 4 rings (SSSR count). The normalized spacial score (nSPS) is 13.7. The summed E-state index contributed by atoms with van der Waals surface area (Å²) in [4.78, 5) is 21.8. The highest BCUT2D eigenvalue weighted by molar-refractivity contribution is 6.06. The molecule has 1 saturated heterocycles. The average molecular weight is 452 g/mol. The number of para-hydroxylation sites is 2. The Morgan fingerprint density at radius 1 is 0.848 bits per heavy atom. The fraction of sp³-hybridized carbons (Fsp3) is 0.360. The Hall–Kier alpha value is -3.68. The Kier molecular flexibility index (Phi) is 6.72. The van der Waals surface area contributed by atoms with Gasteiger partial charge in [-0.25, -0.2) is 4.79 Å². The molecule has 2 aromatic carbocycles. The average Bonchev–Trinajstić information content (AvgIpc) is 2.87. The van der Waals surface area contributed by atoms with Crippen LogP contribution in [0.15, 0.2) is 42.6 Å². The third-order valence-electron chi connectivity index (χ3n) is 5.86. The Morgan fingerprint density at radius 3 is 1.97 bits per heavy atom. The van der Waals surface area contributed by atoms with Crippen LogP contribution >= 0.6 is 0 Å². The standard InChI is InChI=1S/C25H29N3O5/c1-5-33-25(29)18-16-26-22-17(8-6-9-19(22)30-2)23(18)27-12-14-28(15-13-27)24-20(31-3)10-7-11-21(24)32-4/h6-11,16H,5,12-15H2,1-4H3. The lowest BCUT2D eigenvalue weighted by Gasteiger charge is -2.39. The molecule has 174 valence electrons. The van der Waals surface area contributed by atoms with Crippen LogP contribution in [0.25, 0.3) is 10.9 Å². The summed E-state index contributed by atoms with van der Waals surface area (Å²) in [7, 11) is 4.95. The minimum absolute atomic E-state index is 0.301. The van der Waals surface area contributed by atoms with Crippen molar-refractivity contribution in [1.82, 2.24) is 4.98 Å². The monoisotopic (exact) mass is 451 g/mol. The molecule has 0 radical (unpaired) electrons. The van der Waals surface area contributed by atoms with Crippen LogP contribution in [0.3, 0.4) is 0 Å². The van der Waals surface area contributed by atoms with Gasteiger partial charge in [-0.15, -0.1) is 0 Å². The van der Waals surface area contributed by atoms with Crippen LogP contribution in [-0.2, 0) is 4.74 Å². The number of aromatic nitrogens is 1. The first kappa shape index (κ1) is 22.5. The van der Waals surface area contributed by atoms with Crippen LogP contribution in [0.1, 0.15) is 17.3 Å². The zero-order valence-corrected chi connectivity index (χ0v) is 19.5. The van der Waals surface area contributed by atoms with Gasteiger partial charge in [0.15, 0.2) is 0 Å². The predicted octanol–water partition coefficient (Wildman–Crippen LogP) is 3.76. The summed E-state index contributed by atoms with van der Waals surface area (Å²) in [6, 6.07) is 11.5. The molecule has 1 aromatic heterocycles. The van der Waals surface area contributed by atoms with E-state index >= 15 is 0 Å². The van der Waals surface area contributed by atoms with Gasteiger partial charge in [-0.1, -0.05) is 18.2 Å². The zero-order valence-electron chi connectivity index (χ0n) is 19.5. The van der Waals surface area contributed by atoms with Gasteiger partial charge in [0.1, 0.15) is 34.0 Å². The van der Waals surface area contributed by atoms with E-state index < -0.39 is 0 Å². The van der Waals surface area contributed by atoms with Gasteiger partial charge in [0.25, 0.3) is 0 Å². The van der Waals surface area contributed by atoms with E-state index in [1.807, 2.05) is 36.4 Å². The van der Waals surface area contributed by atoms with E-state index in [0.29, 0.717) is 31.0 Å². The first-order chi connectivity index (χ1) is 16.1. The molecular formula is C25H29N3O5. The third-order valence-corrected chi connectivity index (χ3v) is 5.86. The van der Waals surface area contributed by atoms with Crippen molar-refractivity contribution in [1.29, 1.82) is 0 Å². The van der Waals surface area contributed by atoms with Gasteiger partial charge in [0, 0.05) is 37.8 Å². The summed E-state index contributed by atoms with van der Waals surface area (Å²) in [5, 5.41) is 0.864. The number of esters is 1. The van der Waals surface area contributed by atoms with Gasteiger partial charge >= 0.3 is 5.97 Å². The molecule has 0 unspecified atom stereocenters. The smallest absolute Gasteiger partial charge is 0.341 e. The second-order valence-corrected chi connectivity index (χ2v) is 7.58. The molecule has 1 aliphatic rings. The first-order valence-electron chi connectivity index (χ1n) is 11.0. The van der Waals surface area contributed by atoms with Crippen LogP contribution in [-0.4, -0.2) is 65.1 Å². The van der Waals surface area contributed by atoms with Crippen molar-refractivity contribution in [2.45, 2.75) is 6.92 Å². The number of methoxy groups -OCH3 is 3. The predicted molar refractivity (Wildman–Crippen MR) is 128 cm³/mol. The van der Waals surface area contributed by atoms with E-state index in [2.05, 4.69) is 14.8 Å². The topological polar surface area (TPSA) is 73.4 Å². The molecule has 0 amide bonds. The molecule has 0 aliphatic carbocycles. The molecule has 33 heavy (non-hydrogen) atoms. The number of ether oxygens (including phenoxy) is 4. The molecule has 0 spiro atoms. The van der Waals surface area contributed by atoms with Crippen molar-refractivity contribution in [2.75, 3.05) is 63.9 Å². The van der Waals surface area contributed by atoms with Crippen molar-refractivity contribution < 1.29 is 23.7 Å². The van der Waals surface area contributed by atoms with Crippen LogP contribution in [0, 0.1) is 0 Å². The SMILES string of the molecule is CCOC(=O)c1cnc2c(OC)cccc2c1N1CCN(c2c(OC)cccc2OC)CC1. The molecule has 8 heteroatoms. The molecule has 1 fully saturated rings. The lowest BCUT2D eigenvalue weighted by atomic mass is 10.1. The van der Waals surface area contributed by atoms with Crippen LogP contribution in [0.2, 0.25) is 0 Å². The molecule has 3 aromatic rings. The summed E-state index contributed by atoms with van der Waals surface area (Å²) in [6.45, 7) is 4.96. The van der Waals surface area contributed by atoms with E-state index in [9.17, 15) is 4.79 Å². The number of hydrogen-bond donors (Lipinski definition) is 0. The Morgan fingerprint density at radius 2 is 1.39 bits per heavy atom. The second kappa shape index (κ2) is 9.85. The Labute approximate surface area is 193 Å². The van der Waals surface area contributed by atoms with Crippen molar-refractivity contribution >= 4 is 28.2 Å². The first-order valence-corrected chi connectivity index (χ1v) is 11.0. The molecule has 1 aliphatic heterocycles. The van der Waals surface area contributed by atoms with Crippen LogP contribution < -0.4 is 24.0 Å². The number of anilines is 2. The van der Waals surface area contributed by atoms with Crippen molar-refractivity contribution in [3.63, 3.8) is 0 Å². The fourth-order valence-electron chi connectivity index (χ4n) is 4.34. The Bertz CT molecular complexity index is 1120. The maximum atomic E-state index is 12.8. The summed E-state index contributed by atoms with van der Waals surface area (Å²) in [5.41, 5.74) is 2.94. The van der Waals surface area contributed by atoms with Crippen molar-refractivity contribution in [3.05, 3.63) is 48.2 Å². The third kappa shape index (κ3) is 4.20. The van der Waals surface area contributed by atoms with E-state index in [1.54, 1.807) is 34.4 Å². The van der Waals surface area contributed by atoms with Gasteiger partial charge in [-0.2, -0.15) is 0 Å². The van der Waals surface area contributed by atoms with Gasteiger partial charge < -0.3 is 28.7 Å². The van der Waals surface area contributed by atoms with Gasteiger partial charge in [0.2, 0.25) is 0 Å². The lowest BCUT2D eigenvalue weighted by Crippen LogP contribution is -2.47. The molecule has 0 bridgehead atoms. The second-order valence-electron chi connectivity index (χ2n) is 7.58. The Balaban J connectivity index is 1.71. The number of piperazine rings is 1. The minimum Gasteiger partial charge on any atom is -0.494 e. The maximum absolute atomic E-state index is 12.8. The van der Waals surface area contributed by atoms with Crippen LogP contribution in [0.5, 0.6) is 17.2 Å². The number of fused-ring (bicyclic) bond motifs is 1. The minimum atomic E-state index is -0.376. The highest BCUT2D eigenvalue weighted by atomic mass is 16.5. The van der Waals surface area contributed by atoms with E-state index in [0.717, 1.165) is 46.9 Å². The van der Waals surface area contributed by atoms with Gasteiger partial charge in [0.05, 0.1) is 33.6 Å². The number of carbonyl (C=O) groups is 1. The molecule has 0 N–H and O–H groups in total. The highest BCUT2D eigenvalue weighted by Gasteiger charge is 2.28. The number of pyridine rings is 1. The number of carbonyl (C=O) groups excluding carboxylic acids is 1. The van der Waals surface area contributed by atoms with Crippen molar-refractivity contribution in [3.8, 4) is 17.2 Å². The van der Waals surface area contributed by atoms with E-state index in [1.165, 1.54) is 0 Å². The van der Waals surface area contributed by atoms with E-state index in [4.69, 9.17) is 18.9 Å². The molecule has 0 atom stereocenters. The highest BCUT2D eigenvalue weighted by Crippen LogP contribution is 2.40. The molecule has 8 nitrogen and oxygen atoms in total. The number of hydrogen-bond acceptors (Lipinski definition) is 8. The van der Waals surface area contributed by atoms with Gasteiger partial charge in [-0.3, -0.25) is 4.98 Å². The molecular weight excluding hydrogens is 422 g/mol. The lowest BCUT2D eigenvalue weighted by molar-refractivity contribution is 0.0526. The quantitative estimate of drug-likeness (QED) is 0.503. The zero-order chi connectivity index (χ0) is 23.4. The number of rotatable bonds is 7. The van der Waals surface area contributed by atoms with Crippen LogP contribution in [0.4, 0.5) is 11.4 Å². The molecule has 0 saturated carbocycles. The number of benzene rings is 2. The van der Waals surface area contributed by atoms with E-state index in [-0.39, 0.29) is 5.97 Å². The van der Waals surface area contributed by atoms with Crippen molar-refractivity contribution in [2.24, 2.45) is 0 Å². The summed E-state index contributed by atoms with van der Waals surface area (Å²) < 4.78 is 22.0. The summed E-state index contributed by atoms with van der Waals surface area (Å²) >= 11 is 0. The summed E-state index contributed by atoms with van der Waals surface area (Å²) in [6.07, 6.45) is 1.59. The maximum Gasteiger partial charge on any atom is 0.341 e.